The van der Waals surface area contributed by atoms with Crippen molar-refractivity contribution in [2.24, 2.45) is 0 Å². The fourth-order valence-corrected chi connectivity index (χ4v) is 10.8. The molecule has 0 aliphatic carbocycles. The number of oxazole rings is 2. The van der Waals surface area contributed by atoms with Crippen LogP contribution in [0.15, 0.2) is 264 Å². The Kier molecular flexibility index (Phi) is 9.95. The molecule has 0 atom stereocenters. The van der Waals surface area contributed by atoms with Gasteiger partial charge in [0.1, 0.15) is 11.0 Å². The lowest BCUT2D eigenvalue weighted by atomic mass is 10.1. The normalized spacial score (nSPS) is 11.7. The standard InChI is InChI=1S/C66H42N8O2/c1-5-13-45(14-6-1)71(46-15-7-2-8-16-46)51-29-31-59-53(37-51)55-41-67-35-33-61(55)73(59)49-25-21-43(22-26-49)65-69-57-39-64-58(40-63(57)75-65)70-66(76-64)44-23-27-50(28-24-44)74-60-32-30-52(38-54(60)56-42-68-36-34-62(56)74)72(47-17-9-3-10-18-47)48-19-11-4-12-20-48/h1-42H. The Balaban J connectivity index is 0.718. The molecular formula is C66H42N8O2. The van der Waals surface area contributed by atoms with E-state index in [0.717, 1.165) is 100 Å². The Morgan fingerprint density at radius 1 is 0.316 bits per heavy atom. The maximum atomic E-state index is 6.43. The van der Waals surface area contributed by atoms with E-state index in [2.05, 4.69) is 223 Å². The van der Waals surface area contributed by atoms with Gasteiger partial charge in [0.15, 0.2) is 11.2 Å². The maximum absolute atomic E-state index is 6.43. The number of anilines is 6. The largest absolute Gasteiger partial charge is 0.436 e. The molecule has 0 aliphatic rings. The molecule has 15 rings (SSSR count). The molecule has 0 fully saturated rings. The quantitative estimate of drug-likeness (QED) is 0.134. The molecule has 10 nitrogen and oxygen atoms in total. The summed E-state index contributed by atoms with van der Waals surface area (Å²) in [6.45, 7) is 0. The number of benzene rings is 9. The van der Waals surface area contributed by atoms with E-state index in [0.29, 0.717) is 34.0 Å². The fourth-order valence-electron chi connectivity index (χ4n) is 10.8. The monoisotopic (exact) mass is 978 g/mol. The minimum Gasteiger partial charge on any atom is -0.436 e. The molecule has 358 valence electrons. The first-order valence-corrected chi connectivity index (χ1v) is 25.2. The van der Waals surface area contributed by atoms with Gasteiger partial charge in [0.2, 0.25) is 11.8 Å². The summed E-state index contributed by atoms with van der Waals surface area (Å²) in [7, 11) is 0. The van der Waals surface area contributed by atoms with Crippen molar-refractivity contribution < 1.29 is 8.83 Å². The lowest BCUT2D eigenvalue weighted by Gasteiger charge is -2.25. The molecule has 76 heavy (non-hydrogen) atoms. The molecule has 0 saturated carbocycles. The zero-order valence-electron chi connectivity index (χ0n) is 40.6. The van der Waals surface area contributed by atoms with Crippen LogP contribution in [0.2, 0.25) is 0 Å². The van der Waals surface area contributed by atoms with Crippen molar-refractivity contribution >= 4 is 99.9 Å². The molecule has 0 bridgehead atoms. The van der Waals surface area contributed by atoms with Gasteiger partial charge in [-0.3, -0.25) is 9.97 Å². The third-order valence-corrected chi connectivity index (χ3v) is 14.3. The highest BCUT2D eigenvalue weighted by Crippen LogP contribution is 2.42. The second-order valence-corrected chi connectivity index (χ2v) is 18.8. The maximum Gasteiger partial charge on any atom is 0.227 e. The second kappa shape index (κ2) is 17.6. The first kappa shape index (κ1) is 43.0. The Morgan fingerprint density at radius 2 is 0.671 bits per heavy atom. The smallest absolute Gasteiger partial charge is 0.227 e. The van der Waals surface area contributed by atoms with Gasteiger partial charge in [0, 0.05) is 115 Å². The molecule has 0 radical (unpaired) electrons. The number of pyridine rings is 2. The Labute approximate surface area is 435 Å². The van der Waals surface area contributed by atoms with Crippen LogP contribution in [0.4, 0.5) is 34.1 Å². The third-order valence-electron chi connectivity index (χ3n) is 14.3. The van der Waals surface area contributed by atoms with Gasteiger partial charge < -0.3 is 27.8 Å². The van der Waals surface area contributed by atoms with Gasteiger partial charge >= 0.3 is 0 Å². The summed E-state index contributed by atoms with van der Waals surface area (Å²) in [5.41, 5.74) is 17.2. The van der Waals surface area contributed by atoms with Crippen molar-refractivity contribution in [2.75, 3.05) is 9.80 Å². The molecule has 0 N–H and O–H groups in total. The SMILES string of the molecule is c1ccc(N(c2ccccc2)c2ccc3c(c2)c2cnccc2n3-c2ccc(-c3nc4cc5oc(-c6ccc(-n7c8ccncc8c8cc(N(c9ccccc9)c9ccccc9)ccc87)cc6)nc5cc4o3)cc2)cc1. The van der Waals surface area contributed by atoms with Crippen molar-refractivity contribution in [1.82, 2.24) is 29.1 Å². The average molecular weight is 979 g/mol. The number of nitrogens with zero attached hydrogens (tertiary/aromatic N) is 8. The van der Waals surface area contributed by atoms with E-state index in [1.54, 1.807) is 0 Å². The van der Waals surface area contributed by atoms with Gasteiger partial charge in [-0.2, -0.15) is 0 Å². The first-order valence-electron chi connectivity index (χ1n) is 25.2. The predicted octanol–water partition coefficient (Wildman–Crippen LogP) is 17.2. The van der Waals surface area contributed by atoms with Gasteiger partial charge in [0.05, 0.1) is 22.1 Å². The van der Waals surface area contributed by atoms with E-state index in [4.69, 9.17) is 18.8 Å². The van der Waals surface area contributed by atoms with Crippen molar-refractivity contribution in [3.8, 4) is 34.3 Å². The minimum absolute atomic E-state index is 0.518. The topological polar surface area (TPSA) is 94.2 Å². The highest BCUT2D eigenvalue weighted by molar-refractivity contribution is 6.11. The number of rotatable bonds is 10. The van der Waals surface area contributed by atoms with Crippen molar-refractivity contribution in [3.63, 3.8) is 0 Å². The fraction of sp³-hybridized carbons (Fsp3) is 0. The molecular weight excluding hydrogens is 937 g/mol. The van der Waals surface area contributed by atoms with Gasteiger partial charge in [-0.25, -0.2) is 9.97 Å². The number of para-hydroxylation sites is 4. The molecule has 15 aromatic rings. The van der Waals surface area contributed by atoms with Gasteiger partial charge in [-0.15, -0.1) is 0 Å². The van der Waals surface area contributed by atoms with Gasteiger partial charge in [-0.1, -0.05) is 72.8 Å². The van der Waals surface area contributed by atoms with Crippen molar-refractivity contribution in [1.29, 1.82) is 0 Å². The molecule has 9 aromatic carbocycles. The molecule has 10 heteroatoms. The summed E-state index contributed by atoms with van der Waals surface area (Å²) >= 11 is 0. The Bertz CT molecular complexity index is 4200. The second-order valence-electron chi connectivity index (χ2n) is 18.8. The number of aromatic nitrogens is 6. The first-order chi connectivity index (χ1) is 37.7. The molecule has 0 saturated heterocycles. The summed E-state index contributed by atoms with van der Waals surface area (Å²) < 4.78 is 17.4. The van der Waals surface area contributed by atoms with E-state index in [1.165, 1.54) is 0 Å². The van der Waals surface area contributed by atoms with Crippen LogP contribution in [-0.4, -0.2) is 29.1 Å². The molecule has 6 aromatic heterocycles. The van der Waals surface area contributed by atoms with Gasteiger partial charge in [0.25, 0.3) is 0 Å². The number of fused-ring (bicyclic) bond motifs is 8. The van der Waals surface area contributed by atoms with Crippen molar-refractivity contribution in [2.45, 2.75) is 0 Å². The van der Waals surface area contributed by atoms with Crippen LogP contribution in [0.5, 0.6) is 0 Å². The summed E-state index contributed by atoms with van der Waals surface area (Å²) in [6.07, 6.45) is 7.61. The Hall–Kier alpha value is -10.6. The average Bonchev–Trinajstić information content (AvgIpc) is 4.32. The van der Waals surface area contributed by atoms with E-state index < -0.39 is 0 Å². The zero-order chi connectivity index (χ0) is 50.1. The van der Waals surface area contributed by atoms with Crippen LogP contribution in [0.3, 0.4) is 0 Å². The lowest BCUT2D eigenvalue weighted by Crippen LogP contribution is -2.09. The van der Waals surface area contributed by atoms with Crippen LogP contribution in [0.1, 0.15) is 0 Å². The van der Waals surface area contributed by atoms with Gasteiger partial charge in [-0.05, 0) is 146 Å². The molecule has 0 amide bonds. The Morgan fingerprint density at radius 3 is 1.04 bits per heavy atom. The highest BCUT2D eigenvalue weighted by atomic mass is 16.4. The molecule has 0 aliphatic heterocycles. The molecule has 0 unspecified atom stereocenters. The summed E-state index contributed by atoms with van der Waals surface area (Å²) in [5.74, 6) is 1.04. The van der Waals surface area contributed by atoms with E-state index in [-0.39, 0.29) is 0 Å². The third kappa shape index (κ3) is 7.19. The molecule has 0 spiro atoms. The number of hydrogen-bond acceptors (Lipinski definition) is 8. The van der Waals surface area contributed by atoms with Crippen molar-refractivity contribution in [3.05, 3.63) is 255 Å². The van der Waals surface area contributed by atoms with E-state index >= 15 is 0 Å². The van der Waals surface area contributed by atoms with Crippen LogP contribution in [0.25, 0.3) is 100 Å². The summed E-state index contributed by atoms with van der Waals surface area (Å²) in [4.78, 5) is 23.6. The van der Waals surface area contributed by atoms with E-state index in [9.17, 15) is 0 Å². The minimum atomic E-state index is 0.518. The van der Waals surface area contributed by atoms with Crippen LogP contribution >= 0.6 is 0 Å². The predicted molar refractivity (Wildman–Crippen MR) is 306 cm³/mol. The highest BCUT2D eigenvalue weighted by Gasteiger charge is 2.21. The van der Waals surface area contributed by atoms with Crippen LogP contribution in [-0.2, 0) is 0 Å². The lowest BCUT2D eigenvalue weighted by molar-refractivity contribution is 0.618. The molecule has 6 heterocycles. The van der Waals surface area contributed by atoms with Crippen LogP contribution in [0, 0.1) is 0 Å². The van der Waals surface area contributed by atoms with Crippen LogP contribution < -0.4 is 9.80 Å². The summed E-state index contributed by atoms with van der Waals surface area (Å²) in [6, 6.07) is 79.8. The summed E-state index contributed by atoms with van der Waals surface area (Å²) in [5, 5.41) is 4.37. The van der Waals surface area contributed by atoms with E-state index in [1.807, 2.05) is 61.2 Å². The number of hydrogen-bond donors (Lipinski definition) is 0. The zero-order valence-corrected chi connectivity index (χ0v) is 40.6.